The molecule has 5 nitrogen and oxygen atoms in total. The maximum absolute atomic E-state index is 13.9. The molecule has 0 atom stereocenters. The Kier molecular flexibility index (Phi) is 9.97. The number of nitrogens with one attached hydrogen (secondary N) is 1. The molecule has 2 amide bonds. The van der Waals surface area contributed by atoms with Crippen molar-refractivity contribution in [1.82, 2.24) is 9.80 Å². The summed E-state index contributed by atoms with van der Waals surface area (Å²) < 4.78 is 58.6. The van der Waals surface area contributed by atoms with Crippen LogP contribution in [0.4, 0.5) is 28.0 Å². The fourth-order valence-corrected chi connectivity index (χ4v) is 4.44. The zero-order valence-corrected chi connectivity index (χ0v) is 21.4. The third-order valence-electron chi connectivity index (χ3n) is 6.25. The molecule has 1 aliphatic rings. The maximum atomic E-state index is 13.9. The highest BCUT2D eigenvalue weighted by atomic mass is 19.4. The minimum Gasteiger partial charge on any atom is -0.496 e. The molecule has 0 unspecified atom stereocenters. The highest BCUT2D eigenvalue weighted by Crippen LogP contribution is 2.32. The third kappa shape index (κ3) is 8.38. The molecule has 0 spiro atoms. The van der Waals surface area contributed by atoms with Crippen LogP contribution in [0.1, 0.15) is 30.9 Å². The van der Waals surface area contributed by atoms with Gasteiger partial charge in [0.15, 0.2) is 0 Å². The number of amides is 2. The molecule has 38 heavy (non-hydrogen) atoms. The van der Waals surface area contributed by atoms with E-state index in [1.54, 1.807) is 18.1 Å². The Morgan fingerprint density at radius 3 is 2.50 bits per heavy atom. The van der Waals surface area contributed by atoms with Crippen LogP contribution in [0.2, 0.25) is 0 Å². The molecular weight excluding hydrogens is 498 g/mol. The molecule has 3 rings (SSSR count). The van der Waals surface area contributed by atoms with E-state index < -0.39 is 23.6 Å². The van der Waals surface area contributed by atoms with E-state index in [0.717, 1.165) is 23.3 Å². The van der Waals surface area contributed by atoms with Gasteiger partial charge in [0.25, 0.3) is 0 Å². The average molecular weight is 530 g/mol. The van der Waals surface area contributed by atoms with Crippen LogP contribution in [0.25, 0.3) is 0 Å². The first-order valence-corrected chi connectivity index (χ1v) is 12.2. The number of allylic oxidation sites excluding steroid dienone is 2. The predicted octanol–water partition coefficient (Wildman–Crippen LogP) is 6.45. The van der Waals surface area contributed by atoms with E-state index >= 15 is 0 Å². The van der Waals surface area contributed by atoms with Crippen LogP contribution in [-0.4, -0.2) is 48.6 Å². The number of halogens is 4. The second-order valence-corrected chi connectivity index (χ2v) is 9.19. The Balaban J connectivity index is 1.73. The van der Waals surface area contributed by atoms with Crippen LogP contribution >= 0.6 is 0 Å². The average Bonchev–Trinajstić information content (AvgIpc) is 2.87. The van der Waals surface area contributed by atoms with E-state index in [9.17, 15) is 22.4 Å². The number of ether oxygens (including phenoxy) is 1. The van der Waals surface area contributed by atoms with Gasteiger partial charge in [-0.2, -0.15) is 13.2 Å². The number of anilines is 1. The number of methoxy groups -OCH3 is 1. The molecule has 1 saturated heterocycles. The Morgan fingerprint density at radius 2 is 1.89 bits per heavy atom. The number of piperidine rings is 1. The van der Waals surface area contributed by atoms with Crippen LogP contribution in [0.3, 0.4) is 0 Å². The number of carbonyl (C=O) groups excluding carboxylic acids is 1. The van der Waals surface area contributed by atoms with Crippen LogP contribution in [0.5, 0.6) is 0 Å². The summed E-state index contributed by atoms with van der Waals surface area (Å²) in [5.41, 5.74) is 0.546. The molecule has 1 fully saturated rings. The van der Waals surface area contributed by atoms with Crippen molar-refractivity contribution in [1.29, 1.82) is 0 Å². The zero-order chi connectivity index (χ0) is 27.7. The van der Waals surface area contributed by atoms with E-state index in [-0.39, 0.29) is 18.3 Å². The smallest absolute Gasteiger partial charge is 0.416 e. The Labute approximate surface area is 220 Å². The van der Waals surface area contributed by atoms with E-state index in [2.05, 4.69) is 16.1 Å². The number of hydrogen-bond donors (Lipinski definition) is 1. The van der Waals surface area contributed by atoms with Crippen molar-refractivity contribution in [3.63, 3.8) is 0 Å². The van der Waals surface area contributed by atoms with Crippen molar-refractivity contribution >= 4 is 11.7 Å². The van der Waals surface area contributed by atoms with E-state index in [0.29, 0.717) is 44.3 Å². The second kappa shape index (κ2) is 13.2. The molecule has 0 bridgehead atoms. The molecule has 0 radical (unpaired) electrons. The summed E-state index contributed by atoms with van der Waals surface area (Å²) in [6.07, 6.45) is 5.36. The summed E-state index contributed by atoms with van der Waals surface area (Å²) in [5, 5.41) is 2.48. The number of urea groups is 1. The van der Waals surface area contributed by atoms with Gasteiger partial charge in [-0.1, -0.05) is 41.8 Å². The minimum absolute atomic E-state index is 0.151. The fourth-order valence-electron chi connectivity index (χ4n) is 4.44. The monoisotopic (exact) mass is 529 g/mol. The lowest BCUT2D eigenvalue weighted by Gasteiger charge is -2.38. The van der Waals surface area contributed by atoms with Gasteiger partial charge in [0.2, 0.25) is 0 Å². The quantitative estimate of drug-likeness (QED) is 0.185. The summed E-state index contributed by atoms with van der Waals surface area (Å²) in [6.45, 7) is 4.39. The Bertz CT molecular complexity index is 1190. The number of rotatable bonds is 8. The van der Waals surface area contributed by atoms with Crippen molar-refractivity contribution in [2.24, 2.45) is 0 Å². The van der Waals surface area contributed by atoms with E-state index in [1.165, 1.54) is 0 Å². The largest absolute Gasteiger partial charge is 0.496 e. The molecule has 1 aliphatic heterocycles. The number of terminal acetylenes is 1. The molecule has 1 N–H and O–H groups in total. The highest BCUT2D eigenvalue weighted by Gasteiger charge is 2.32. The summed E-state index contributed by atoms with van der Waals surface area (Å²) in [7, 11) is 1.55. The molecule has 9 heteroatoms. The van der Waals surface area contributed by atoms with Gasteiger partial charge in [-0.05, 0) is 49.6 Å². The van der Waals surface area contributed by atoms with Gasteiger partial charge < -0.3 is 15.0 Å². The second-order valence-electron chi connectivity index (χ2n) is 9.19. The molecule has 2 aromatic carbocycles. The topological polar surface area (TPSA) is 44.8 Å². The van der Waals surface area contributed by atoms with Gasteiger partial charge in [-0.25, -0.2) is 9.18 Å². The van der Waals surface area contributed by atoms with Crippen LogP contribution < -0.4 is 5.32 Å². The number of benzene rings is 2. The molecule has 0 saturated carbocycles. The normalized spacial score (nSPS) is 15.6. The van der Waals surface area contributed by atoms with E-state index in [1.807, 2.05) is 43.3 Å². The number of alkyl halides is 3. The summed E-state index contributed by atoms with van der Waals surface area (Å²) >= 11 is 0. The number of hydrogen-bond acceptors (Lipinski definition) is 3. The molecule has 202 valence electrons. The van der Waals surface area contributed by atoms with Crippen molar-refractivity contribution in [2.75, 3.05) is 32.1 Å². The van der Waals surface area contributed by atoms with Gasteiger partial charge in [0.05, 0.1) is 12.7 Å². The van der Waals surface area contributed by atoms with Gasteiger partial charge in [-0.15, -0.1) is 6.42 Å². The van der Waals surface area contributed by atoms with Crippen molar-refractivity contribution in [3.05, 3.63) is 89.0 Å². The third-order valence-corrected chi connectivity index (χ3v) is 6.25. The number of nitrogens with zero attached hydrogens (tertiary/aromatic N) is 2. The Morgan fingerprint density at radius 1 is 1.21 bits per heavy atom. The Hall–Kier alpha value is -3.77. The summed E-state index contributed by atoms with van der Waals surface area (Å²) in [6, 6.07) is 10.6. The van der Waals surface area contributed by atoms with Gasteiger partial charge in [-0.3, -0.25) is 4.90 Å². The van der Waals surface area contributed by atoms with Crippen LogP contribution in [0.15, 0.2) is 72.0 Å². The standard InChI is InChI=1S/C29H31F4N3O2/c1-4-8-27(38-3)15-21(2)19-35-13-11-26(12-14-35)36(20-22-9-6-5-7-10-22)28(37)34-25-17-23(29(31,32)33)16-24(30)18-25/h1,5-10,15-18,26H,11-14,19-20H2,2-3H3,(H,34,37)/b21-15+,27-8+. The van der Waals surface area contributed by atoms with Gasteiger partial charge in [0.1, 0.15) is 11.6 Å². The van der Waals surface area contributed by atoms with Gasteiger partial charge >= 0.3 is 12.2 Å². The lowest BCUT2D eigenvalue weighted by atomic mass is 10.0. The number of carbonyl (C=O) groups is 1. The molecule has 1 heterocycles. The molecule has 0 aromatic heterocycles. The predicted molar refractivity (Wildman–Crippen MR) is 140 cm³/mol. The lowest BCUT2D eigenvalue weighted by Crippen LogP contribution is -2.48. The molecule has 0 aliphatic carbocycles. The summed E-state index contributed by atoms with van der Waals surface area (Å²) in [5.74, 6) is 1.96. The highest BCUT2D eigenvalue weighted by molar-refractivity contribution is 5.89. The van der Waals surface area contributed by atoms with Crippen molar-refractivity contribution < 1.29 is 27.1 Å². The summed E-state index contributed by atoms with van der Waals surface area (Å²) in [4.78, 5) is 17.2. The molecule has 2 aromatic rings. The number of likely N-dealkylation sites (tertiary alicyclic amines) is 1. The maximum Gasteiger partial charge on any atom is 0.416 e. The fraction of sp³-hybridized carbons (Fsp3) is 0.345. The molecular formula is C29H31F4N3O2. The van der Waals surface area contributed by atoms with Crippen LogP contribution in [0, 0.1) is 18.2 Å². The first-order valence-electron chi connectivity index (χ1n) is 12.2. The first kappa shape index (κ1) is 28.8. The van der Waals surface area contributed by atoms with E-state index in [4.69, 9.17) is 11.2 Å². The van der Waals surface area contributed by atoms with Gasteiger partial charge in [0, 0.05) is 44.0 Å². The van der Waals surface area contributed by atoms with Crippen molar-refractivity contribution in [2.45, 2.75) is 38.5 Å². The first-order chi connectivity index (χ1) is 18.1. The lowest BCUT2D eigenvalue weighted by molar-refractivity contribution is -0.137. The van der Waals surface area contributed by atoms with Crippen LogP contribution in [-0.2, 0) is 17.5 Å². The zero-order valence-electron chi connectivity index (χ0n) is 21.4. The SMILES string of the molecule is C#C/C=C(\C=C(/C)CN1CCC(N(Cc2ccccc2)C(=O)Nc2cc(F)cc(C(F)(F)F)c2)CC1)OC. The minimum atomic E-state index is -4.73. The van der Waals surface area contributed by atoms with Crippen molar-refractivity contribution in [3.8, 4) is 12.3 Å².